The quantitative estimate of drug-likeness (QED) is 0.663. The van der Waals surface area contributed by atoms with Gasteiger partial charge in [-0.1, -0.05) is 23.7 Å². The highest BCUT2D eigenvalue weighted by Crippen LogP contribution is 2.31. The number of carbonyl (C=O) groups is 1. The number of primary amides is 1. The lowest BCUT2D eigenvalue weighted by Gasteiger charge is -2.14. The van der Waals surface area contributed by atoms with Gasteiger partial charge in [-0.2, -0.15) is 4.37 Å². The van der Waals surface area contributed by atoms with Crippen LogP contribution in [0.3, 0.4) is 0 Å². The molecule has 0 aliphatic rings. The van der Waals surface area contributed by atoms with E-state index < -0.39 is 29.2 Å². The van der Waals surface area contributed by atoms with Crippen molar-refractivity contribution in [1.82, 2.24) is 4.37 Å². The third-order valence-electron chi connectivity index (χ3n) is 3.67. The van der Waals surface area contributed by atoms with Crippen molar-refractivity contribution in [2.24, 2.45) is 5.73 Å². The van der Waals surface area contributed by atoms with Crippen molar-refractivity contribution in [2.45, 2.75) is 13.0 Å². The van der Waals surface area contributed by atoms with Crippen LogP contribution in [-0.2, 0) is 0 Å². The van der Waals surface area contributed by atoms with E-state index in [1.165, 1.54) is 11.5 Å². The van der Waals surface area contributed by atoms with Crippen LogP contribution in [-0.4, -0.2) is 10.3 Å². The van der Waals surface area contributed by atoms with E-state index in [1.54, 1.807) is 19.1 Å². The van der Waals surface area contributed by atoms with Crippen LogP contribution in [0, 0.1) is 11.6 Å². The first-order valence-corrected chi connectivity index (χ1v) is 8.69. The van der Waals surface area contributed by atoms with E-state index in [0.717, 1.165) is 28.3 Å². The Morgan fingerprint density at radius 3 is 2.58 bits per heavy atom. The lowest BCUT2D eigenvalue weighted by atomic mass is 10.1. The van der Waals surface area contributed by atoms with E-state index >= 15 is 0 Å². The van der Waals surface area contributed by atoms with Gasteiger partial charge in [0.15, 0.2) is 11.6 Å². The molecule has 1 heterocycles. The zero-order valence-electron chi connectivity index (χ0n) is 13.5. The Labute approximate surface area is 157 Å². The van der Waals surface area contributed by atoms with Crippen LogP contribution in [0.2, 0.25) is 5.02 Å². The zero-order valence-corrected chi connectivity index (χ0v) is 15.1. The molecule has 1 amide bonds. The molecule has 4 nitrogen and oxygen atoms in total. The number of halogens is 3. The Bertz CT molecular complexity index is 960. The summed E-state index contributed by atoms with van der Waals surface area (Å²) in [5.74, 6) is -3.60. The SMILES string of the molecule is CC(Oc1ccc(F)c(C(N)=O)c1F)c1cc(-c2ccc(Cl)cc2)ns1. The number of aromatic nitrogens is 1. The number of carbonyl (C=O) groups excluding carboxylic acids is 1. The smallest absolute Gasteiger partial charge is 0.254 e. The van der Waals surface area contributed by atoms with Gasteiger partial charge in [0.25, 0.3) is 5.91 Å². The second-order valence-corrected chi connectivity index (χ2v) is 6.75. The van der Waals surface area contributed by atoms with E-state index in [9.17, 15) is 13.6 Å². The highest BCUT2D eigenvalue weighted by Gasteiger charge is 2.21. The lowest BCUT2D eigenvalue weighted by Crippen LogP contribution is -2.16. The van der Waals surface area contributed by atoms with Crippen molar-refractivity contribution in [2.75, 3.05) is 0 Å². The molecule has 0 radical (unpaired) electrons. The normalized spacial score (nSPS) is 12.0. The minimum Gasteiger partial charge on any atom is -0.482 e. The maximum absolute atomic E-state index is 14.3. The zero-order chi connectivity index (χ0) is 18.8. The third kappa shape index (κ3) is 3.68. The fourth-order valence-electron chi connectivity index (χ4n) is 2.34. The molecule has 2 aromatic carbocycles. The van der Waals surface area contributed by atoms with E-state index in [-0.39, 0.29) is 5.75 Å². The Balaban J connectivity index is 1.83. The van der Waals surface area contributed by atoms with E-state index in [2.05, 4.69) is 4.37 Å². The van der Waals surface area contributed by atoms with E-state index in [4.69, 9.17) is 22.1 Å². The van der Waals surface area contributed by atoms with Gasteiger partial charge >= 0.3 is 0 Å². The molecule has 8 heteroatoms. The standard InChI is InChI=1S/C18H13ClF2N2O2S/c1-9(25-14-7-6-12(20)16(17(14)21)18(22)24)15-8-13(23-26-15)10-2-4-11(19)5-3-10/h2-9H,1H3,(H2,22,24). The van der Waals surface area contributed by atoms with Gasteiger partial charge in [-0.05, 0) is 48.8 Å². The number of rotatable bonds is 5. The molecule has 0 aliphatic heterocycles. The summed E-state index contributed by atoms with van der Waals surface area (Å²) in [6.07, 6.45) is -0.561. The molecule has 0 aliphatic carbocycles. The van der Waals surface area contributed by atoms with Gasteiger partial charge in [0.05, 0.1) is 10.6 Å². The molecule has 0 saturated carbocycles. The summed E-state index contributed by atoms with van der Waals surface area (Å²) < 4.78 is 37.7. The summed E-state index contributed by atoms with van der Waals surface area (Å²) in [4.78, 5) is 11.9. The van der Waals surface area contributed by atoms with Crippen LogP contribution in [0.25, 0.3) is 11.3 Å². The molecule has 1 unspecified atom stereocenters. The van der Waals surface area contributed by atoms with Crippen molar-refractivity contribution < 1.29 is 18.3 Å². The van der Waals surface area contributed by atoms with Gasteiger partial charge in [0, 0.05) is 10.6 Å². The van der Waals surface area contributed by atoms with Gasteiger partial charge in [-0.25, -0.2) is 8.78 Å². The number of amides is 1. The largest absolute Gasteiger partial charge is 0.482 e. The second kappa shape index (κ2) is 7.39. The molecule has 1 aromatic heterocycles. The summed E-state index contributed by atoms with van der Waals surface area (Å²) in [5.41, 5.74) is 5.81. The number of nitrogens with two attached hydrogens (primary N) is 1. The lowest BCUT2D eigenvalue weighted by molar-refractivity contribution is 0.0990. The first kappa shape index (κ1) is 18.3. The molecule has 1 atom stereocenters. The van der Waals surface area contributed by atoms with Crippen molar-refractivity contribution >= 4 is 29.0 Å². The summed E-state index contributed by atoms with van der Waals surface area (Å²) in [5, 5.41) is 0.623. The number of ether oxygens (including phenoxy) is 1. The van der Waals surface area contributed by atoms with Crippen molar-refractivity contribution in [3.63, 3.8) is 0 Å². The molecular formula is C18H13ClF2N2O2S. The molecule has 134 valence electrons. The summed E-state index contributed by atoms with van der Waals surface area (Å²) in [7, 11) is 0. The average Bonchev–Trinajstić information content (AvgIpc) is 3.08. The number of hydrogen-bond acceptors (Lipinski definition) is 4. The molecule has 0 spiro atoms. The number of benzene rings is 2. The van der Waals surface area contributed by atoms with Gasteiger partial charge in [0.1, 0.15) is 17.5 Å². The molecule has 3 aromatic rings. The minimum absolute atomic E-state index is 0.255. The molecule has 0 fully saturated rings. The maximum atomic E-state index is 14.3. The van der Waals surface area contributed by atoms with Crippen molar-refractivity contribution in [1.29, 1.82) is 0 Å². The van der Waals surface area contributed by atoms with Crippen LogP contribution in [0.4, 0.5) is 8.78 Å². The van der Waals surface area contributed by atoms with E-state index in [0.29, 0.717) is 5.02 Å². The van der Waals surface area contributed by atoms with Gasteiger partial charge < -0.3 is 10.5 Å². The maximum Gasteiger partial charge on any atom is 0.254 e. The molecule has 3 rings (SSSR count). The van der Waals surface area contributed by atoms with Crippen LogP contribution in [0.15, 0.2) is 42.5 Å². The van der Waals surface area contributed by atoms with Crippen LogP contribution in [0.1, 0.15) is 28.3 Å². The third-order valence-corrected chi connectivity index (χ3v) is 4.88. The molecule has 0 saturated heterocycles. The Morgan fingerprint density at radius 1 is 1.23 bits per heavy atom. The van der Waals surface area contributed by atoms with Gasteiger partial charge in [-0.3, -0.25) is 4.79 Å². The fraction of sp³-hybridized carbons (Fsp3) is 0.111. The Hall–Kier alpha value is -2.51. The molecule has 2 N–H and O–H groups in total. The number of nitrogens with zero attached hydrogens (tertiary/aromatic N) is 1. The predicted octanol–water partition coefficient (Wildman–Crippen LogP) is 4.98. The van der Waals surface area contributed by atoms with E-state index in [1.807, 2.05) is 18.2 Å². The van der Waals surface area contributed by atoms with Crippen molar-refractivity contribution in [3.05, 3.63) is 69.6 Å². The monoisotopic (exact) mass is 394 g/mol. The minimum atomic E-state index is -1.19. The van der Waals surface area contributed by atoms with Crippen LogP contribution < -0.4 is 10.5 Å². The van der Waals surface area contributed by atoms with Gasteiger partial charge in [-0.15, -0.1) is 0 Å². The van der Waals surface area contributed by atoms with Gasteiger partial charge in [0.2, 0.25) is 0 Å². The number of hydrogen-bond donors (Lipinski definition) is 1. The molecule has 26 heavy (non-hydrogen) atoms. The van der Waals surface area contributed by atoms with Crippen LogP contribution >= 0.6 is 23.1 Å². The highest BCUT2D eigenvalue weighted by atomic mass is 35.5. The summed E-state index contributed by atoms with van der Waals surface area (Å²) in [6.45, 7) is 1.70. The summed E-state index contributed by atoms with van der Waals surface area (Å²) in [6, 6.07) is 11.1. The first-order chi connectivity index (χ1) is 12.4. The van der Waals surface area contributed by atoms with Crippen molar-refractivity contribution in [3.8, 4) is 17.0 Å². The highest BCUT2D eigenvalue weighted by molar-refractivity contribution is 7.06. The fourth-order valence-corrected chi connectivity index (χ4v) is 3.19. The Morgan fingerprint density at radius 2 is 1.92 bits per heavy atom. The second-order valence-electron chi connectivity index (χ2n) is 5.48. The first-order valence-electron chi connectivity index (χ1n) is 7.54. The average molecular weight is 395 g/mol. The predicted molar refractivity (Wildman–Crippen MR) is 96.5 cm³/mol. The molecule has 0 bridgehead atoms. The van der Waals surface area contributed by atoms with Crippen LogP contribution in [0.5, 0.6) is 5.75 Å². The Kier molecular flexibility index (Phi) is 5.20. The summed E-state index contributed by atoms with van der Waals surface area (Å²) >= 11 is 7.07. The molecular weight excluding hydrogens is 382 g/mol. The topological polar surface area (TPSA) is 65.2 Å².